The molecule has 0 rings (SSSR count). The van der Waals surface area contributed by atoms with Crippen molar-refractivity contribution in [2.24, 2.45) is 17.8 Å². The van der Waals surface area contributed by atoms with Crippen LogP contribution in [0.5, 0.6) is 0 Å². The van der Waals surface area contributed by atoms with E-state index in [0.717, 1.165) is 75.5 Å². The normalized spacial score (nSPS) is 12.7. The molecule has 0 aromatic carbocycles. The summed E-state index contributed by atoms with van der Waals surface area (Å²) in [5, 5.41) is 0. The average Bonchev–Trinajstić information content (AvgIpc) is 3.12. The third-order valence-corrected chi connectivity index (χ3v) is 10.8. The van der Waals surface area contributed by atoms with Gasteiger partial charge in [-0.2, -0.15) is 0 Å². The molecule has 0 saturated heterocycles. The molecule has 0 aliphatic rings. The minimum atomic E-state index is -0.762. The van der Waals surface area contributed by atoms with Crippen LogP contribution in [0.1, 0.15) is 247 Å². The van der Waals surface area contributed by atoms with E-state index in [1.165, 1.54) is 128 Å². The van der Waals surface area contributed by atoms with Gasteiger partial charge in [0.1, 0.15) is 13.2 Å². The molecule has 314 valence electrons. The third-order valence-electron chi connectivity index (χ3n) is 10.8. The number of esters is 3. The molecule has 0 aliphatic carbocycles. The van der Waals surface area contributed by atoms with Crippen LogP contribution in [0.15, 0.2) is 0 Å². The van der Waals surface area contributed by atoms with Gasteiger partial charge in [0.2, 0.25) is 0 Å². The number of rotatable bonds is 40. The van der Waals surface area contributed by atoms with Gasteiger partial charge in [-0.25, -0.2) is 0 Å². The largest absolute Gasteiger partial charge is 0.462 e. The van der Waals surface area contributed by atoms with Crippen molar-refractivity contribution in [1.82, 2.24) is 0 Å². The highest BCUT2D eigenvalue weighted by atomic mass is 16.6. The summed E-state index contributed by atoms with van der Waals surface area (Å²) in [6, 6.07) is 0. The molecule has 0 aromatic heterocycles. The van der Waals surface area contributed by atoms with Crippen LogP contribution < -0.4 is 0 Å². The molecule has 6 nitrogen and oxygen atoms in total. The zero-order chi connectivity index (χ0) is 39.2. The van der Waals surface area contributed by atoms with Gasteiger partial charge >= 0.3 is 17.9 Å². The van der Waals surface area contributed by atoms with Crippen molar-refractivity contribution >= 4 is 17.9 Å². The molecule has 0 fully saturated rings. The predicted molar refractivity (Wildman–Crippen MR) is 224 cm³/mol. The monoisotopic (exact) mass is 751 g/mol. The molecular formula is C47H90O6. The Bertz CT molecular complexity index is 824. The van der Waals surface area contributed by atoms with Crippen molar-refractivity contribution < 1.29 is 28.6 Å². The summed E-state index contributed by atoms with van der Waals surface area (Å²) in [6.45, 7) is 13.6. The molecule has 0 bridgehead atoms. The molecule has 0 radical (unpaired) electrons. The van der Waals surface area contributed by atoms with E-state index in [-0.39, 0.29) is 31.1 Å². The maximum atomic E-state index is 12.7. The number of ether oxygens (including phenoxy) is 3. The Labute approximate surface area is 329 Å². The Morgan fingerprint density at radius 3 is 0.981 bits per heavy atom. The lowest BCUT2D eigenvalue weighted by Crippen LogP contribution is -2.30. The first kappa shape index (κ1) is 51.4. The van der Waals surface area contributed by atoms with E-state index < -0.39 is 6.10 Å². The Hall–Kier alpha value is -1.59. The lowest BCUT2D eigenvalue weighted by molar-refractivity contribution is -0.167. The van der Waals surface area contributed by atoms with Gasteiger partial charge in [-0.1, -0.05) is 208 Å². The fourth-order valence-electron chi connectivity index (χ4n) is 6.85. The zero-order valence-corrected chi connectivity index (χ0v) is 36.3. The molecular weight excluding hydrogens is 661 g/mol. The van der Waals surface area contributed by atoms with Crippen LogP contribution in [0, 0.1) is 17.8 Å². The first-order chi connectivity index (χ1) is 25.6. The summed E-state index contributed by atoms with van der Waals surface area (Å²) in [5.74, 6) is 1.56. The molecule has 2 atom stereocenters. The van der Waals surface area contributed by atoms with E-state index in [0.29, 0.717) is 19.3 Å². The second-order valence-electron chi connectivity index (χ2n) is 17.2. The zero-order valence-electron chi connectivity index (χ0n) is 36.3. The molecule has 53 heavy (non-hydrogen) atoms. The fraction of sp³-hybridized carbons (Fsp3) is 0.936. The second-order valence-corrected chi connectivity index (χ2v) is 17.2. The standard InChI is InChI=1S/C47H90O6/c1-7-43(6)35-29-23-19-20-25-31-37-46(49)52-40-44(39-51-45(48)36-30-24-18-14-16-22-28-34-42(4)5)53-47(50)38-32-26-17-13-11-9-8-10-12-15-21-27-33-41(2)3/h41-44H,7-40H2,1-6H3/t43?,44-/m0/s1. The first-order valence-corrected chi connectivity index (χ1v) is 23.1. The second kappa shape index (κ2) is 38.7. The lowest BCUT2D eigenvalue weighted by atomic mass is 10.00. The van der Waals surface area contributed by atoms with Gasteiger partial charge in [-0.05, 0) is 37.0 Å². The van der Waals surface area contributed by atoms with Gasteiger partial charge in [-0.3, -0.25) is 14.4 Å². The molecule has 0 amide bonds. The van der Waals surface area contributed by atoms with Gasteiger partial charge < -0.3 is 14.2 Å². The highest BCUT2D eigenvalue weighted by Crippen LogP contribution is 2.17. The van der Waals surface area contributed by atoms with Crippen molar-refractivity contribution in [3.8, 4) is 0 Å². The van der Waals surface area contributed by atoms with Crippen LogP contribution in [-0.4, -0.2) is 37.2 Å². The number of unbranched alkanes of at least 4 members (excludes halogenated alkanes) is 22. The van der Waals surface area contributed by atoms with E-state index in [1.54, 1.807) is 0 Å². The molecule has 0 heterocycles. The van der Waals surface area contributed by atoms with E-state index in [1.807, 2.05) is 0 Å². The van der Waals surface area contributed by atoms with Crippen LogP contribution >= 0.6 is 0 Å². The molecule has 0 saturated carbocycles. The van der Waals surface area contributed by atoms with Crippen LogP contribution in [0.3, 0.4) is 0 Å². The first-order valence-electron chi connectivity index (χ1n) is 23.1. The number of hydrogen-bond acceptors (Lipinski definition) is 6. The Morgan fingerprint density at radius 2 is 0.660 bits per heavy atom. The van der Waals surface area contributed by atoms with E-state index >= 15 is 0 Å². The minimum Gasteiger partial charge on any atom is -0.462 e. The summed E-state index contributed by atoms with van der Waals surface area (Å²) in [6.07, 6.45) is 35.3. The summed E-state index contributed by atoms with van der Waals surface area (Å²) >= 11 is 0. The van der Waals surface area contributed by atoms with Crippen molar-refractivity contribution in [1.29, 1.82) is 0 Å². The van der Waals surface area contributed by atoms with Gasteiger partial charge in [0, 0.05) is 19.3 Å². The maximum Gasteiger partial charge on any atom is 0.306 e. The van der Waals surface area contributed by atoms with Gasteiger partial charge in [0.05, 0.1) is 0 Å². The lowest BCUT2D eigenvalue weighted by Gasteiger charge is -2.18. The Kier molecular flexibility index (Phi) is 37.5. The summed E-state index contributed by atoms with van der Waals surface area (Å²) in [7, 11) is 0. The number of carbonyl (C=O) groups excluding carboxylic acids is 3. The van der Waals surface area contributed by atoms with Crippen molar-refractivity contribution in [3.63, 3.8) is 0 Å². The topological polar surface area (TPSA) is 78.9 Å². The van der Waals surface area contributed by atoms with E-state index in [4.69, 9.17) is 14.2 Å². The molecule has 0 N–H and O–H groups in total. The molecule has 6 heteroatoms. The predicted octanol–water partition coefficient (Wildman–Crippen LogP) is 14.4. The van der Waals surface area contributed by atoms with Crippen LogP contribution in [-0.2, 0) is 28.6 Å². The Morgan fingerprint density at radius 1 is 0.377 bits per heavy atom. The van der Waals surface area contributed by atoms with Crippen LogP contribution in [0.2, 0.25) is 0 Å². The van der Waals surface area contributed by atoms with Crippen molar-refractivity contribution in [3.05, 3.63) is 0 Å². The van der Waals surface area contributed by atoms with Crippen LogP contribution in [0.4, 0.5) is 0 Å². The van der Waals surface area contributed by atoms with Crippen molar-refractivity contribution in [2.45, 2.75) is 253 Å². The van der Waals surface area contributed by atoms with Gasteiger partial charge in [0.15, 0.2) is 6.10 Å². The number of hydrogen-bond donors (Lipinski definition) is 0. The van der Waals surface area contributed by atoms with Crippen LogP contribution in [0.25, 0.3) is 0 Å². The molecule has 0 aromatic rings. The summed E-state index contributed by atoms with van der Waals surface area (Å²) < 4.78 is 16.7. The van der Waals surface area contributed by atoms with Gasteiger partial charge in [0.25, 0.3) is 0 Å². The summed E-state index contributed by atoms with van der Waals surface area (Å²) in [4.78, 5) is 37.7. The quantitative estimate of drug-likeness (QED) is 0.0352. The smallest absolute Gasteiger partial charge is 0.306 e. The molecule has 0 spiro atoms. The molecule has 1 unspecified atom stereocenters. The fourth-order valence-corrected chi connectivity index (χ4v) is 6.85. The number of carbonyl (C=O) groups is 3. The van der Waals surface area contributed by atoms with E-state index in [9.17, 15) is 14.4 Å². The van der Waals surface area contributed by atoms with Crippen molar-refractivity contribution in [2.75, 3.05) is 13.2 Å². The Balaban J connectivity index is 4.33. The minimum absolute atomic E-state index is 0.0672. The average molecular weight is 751 g/mol. The maximum absolute atomic E-state index is 12.7. The highest BCUT2D eigenvalue weighted by molar-refractivity contribution is 5.71. The van der Waals surface area contributed by atoms with E-state index in [2.05, 4.69) is 41.5 Å². The SMILES string of the molecule is CCC(C)CCCCCCCCC(=O)OC[C@H](COC(=O)CCCCCCCCCC(C)C)OC(=O)CCCCCCCCCCCCCCC(C)C. The highest BCUT2D eigenvalue weighted by Gasteiger charge is 2.19. The van der Waals surface area contributed by atoms with Gasteiger partial charge in [-0.15, -0.1) is 0 Å². The summed E-state index contributed by atoms with van der Waals surface area (Å²) in [5.41, 5.74) is 0. The molecule has 0 aliphatic heterocycles. The third kappa shape index (κ3) is 39.9.